The van der Waals surface area contributed by atoms with Gasteiger partial charge in [-0.05, 0) is 18.1 Å². The Balaban J connectivity index is 1.80. The van der Waals surface area contributed by atoms with Crippen molar-refractivity contribution in [2.24, 2.45) is 0 Å². The van der Waals surface area contributed by atoms with Gasteiger partial charge in [-0.3, -0.25) is 0 Å². The fourth-order valence-corrected chi connectivity index (χ4v) is 1.34. The molecule has 0 aliphatic carbocycles. The molecule has 80 valence electrons. The number of epoxide rings is 1. The molecule has 2 nitrogen and oxygen atoms in total. The van der Waals surface area contributed by atoms with Crippen LogP contribution in [0.3, 0.4) is 0 Å². The maximum absolute atomic E-state index is 5.57. The monoisotopic (exact) mass is 204 g/mol. The molecule has 1 aliphatic rings. The Labute approximate surface area is 90.5 Å². The molecule has 1 fully saturated rings. The molecule has 2 heteroatoms. The van der Waals surface area contributed by atoms with Crippen LogP contribution in [0.5, 0.6) is 0 Å². The Bertz CT molecular complexity index is 336. The molecule has 1 aromatic carbocycles. The summed E-state index contributed by atoms with van der Waals surface area (Å²) in [6, 6.07) is 8.21. The summed E-state index contributed by atoms with van der Waals surface area (Å²) in [5.74, 6) is 0. The normalized spacial score (nSPS) is 23.8. The zero-order valence-electron chi connectivity index (χ0n) is 9.03. The van der Waals surface area contributed by atoms with E-state index in [4.69, 9.17) is 9.47 Å². The largest absolute Gasteiger partial charge is 0.374 e. The van der Waals surface area contributed by atoms with Crippen molar-refractivity contribution in [3.63, 3.8) is 0 Å². The van der Waals surface area contributed by atoms with Crippen LogP contribution in [0.1, 0.15) is 18.1 Å². The molecule has 0 amide bonds. The van der Waals surface area contributed by atoms with Crippen molar-refractivity contribution < 1.29 is 9.47 Å². The van der Waals surface area contributed by atoms with Crippen molar-refractivity contribution in [1.82, 2.24) is 0 Å². The van der Waals surface area contributed by atoms with Gasteiger partial charge in [0.2, 0.25) is 0 Å². The Kier molecular flexibility index (Phi) is 2.89. The first-order valence-corrected chi connectivity index (χ1v) is 5.15. The van der Waals surface area contributed by atoms with E-state index in [0.29, 0.717) is 13.2 Å². The van der Waals surface area contributed by atoms with E-state index < -0.39 is 0 Å². The maximum atomic E-state index is 5.57. The zero-order chi connectivity index (χ0) is 10.7. The SMILES string of the molecule is C=Cc1ccc(COCC2(C)CO2)cc1. The van der Waals surface area contributed by atoms with Crippen LogP contribution in [0.15, 0.2) is 30.8 Å². The molecule has 0 saturated carbocycles. The van der Waals surface area contributed by atoms with Gasteiger partial charge in [0, 0.05) is 0 Å². The minimum atomic E-state index is -0.0128. The highest BCUT2D eigenvalue weighted by Gasteiger charge is 2.39. The summed E-state index contributed by atoms with van der Waals surface area (Å²) in [4.78, 5) is 0. The summed E-state index contributed by atoms with van der Waals surface area (Å²) in [7, 11) is 0. The highest BCUT2D eigenvalue weighted by atomic mass is 16.6. The van der Waals surface area contributed by atoms with Gasteiger partial charge in [-0.15, -0.1) is 0 Å². The summed E-state index contributed by atoms with van der Waals surface area (Å²) in [6.07, 6.45) is 1.84. The zero-order valence-corrected chi connectivity index (χ0v) is 9.03. The van der Waals surface area contributed by atoms with Gasteiger partial charge in [-0.1, -0.05) is 36.9 Å². The van der Waals surface area contributed by atoms with Crippen LogP contribution >= 0.6 is 0 Å². The van der Waals surface area contributed by atoms with E-state index in [1.807, 2.05) is 18.2 Å². The molecule has 1 heterocycles. The third-order valence-electron chi connectivity index (χ3n) is 2.53. The Morgan fingerprint density at radius 2 is 2.13 bits per heavy atom. The second kappa shape index (κ2) is 4.17. The summed E-state index contributed by atoms with van der Waals surface area (Å²) in [6.45, 7) is 7.93. The molecule has 0 radical (unpaired) electrons. The number of hydrogen-bond acceptors (Lipinski definition) is 2. The third kappa shape index (κ3) is 2.91. The second-order valence-electron chi connectivity index (χ2n) is 4.18. The minimum Gasteiger partial charge on any atom is -0.374 e. The molecule has 1 aromatic rings. The minimum absolute atomic E-state index is 0.0128. The van der Waals surface area contributed by atoms with Crippen molar-refractivity contribution in [1.29, 1.82) is 0 Å². The molecule has 1 saturated heterocycles. The Morgan fingerprint density at radius 3 is 2.67 bits per heavy atom. The topological polar surface area (TPSA) is 21.8 Å². The van der Waals surface area contributed by atoms with Crippen molar-refractivity contribution in [3.8, 4) is 0 Å². The molecule has 15 heavy (non-hydrogen) atoms. The summed E-state index contributed by atoms with van der Waals surface area (Å²) in [5, 5.41) is 0. The lowest BCUT2D eigenvalue weighted by molar-refractivity contribution is 0.0742. The van der Waals surface area contributed by atoms with E-state index >= 15 is 0 Å². The molecule has 1 atom stereocenters. The molecule has 0 spiro atoms. The van der Waals surface area contributed by atoms with E-state index in [0.717, 1.165) is 12.2 Å². The van der Waals surface area contributed by atoms with E-state index in [9.17, 15) is 0 Å². The van der Waals surface area contributed by atoms with Gasteiger partial charge in [0.05, 0.1) is 19.8 Å². The van der Waals surface area contributed by atoms with Gasteiger partial charge in [-0.25, -0.2) is 0 Å². The highest BCUT2D eigenvalue weighted by Crippen LogP contribution is 2.26. The number of ether oxygens (including phenoxy) is 2. The van der Waals surface area contributed by atoms with Crippen LogP contribution in [0.25, 0.3) is 6.08 Å². The molecular formula is C13H16O2. The lowest BCUT2D eigenvalue weighted by atomic mass is 10.1. The molecule has 1 unspecified atom stereocenters. The summed E-state index contributed by atoms with van der Waals surface area (Å²) in [5.41, 5.74) is 2.31. The van der Waals surface area contributed by atoms with Gasteiger partial charge in [0.15, 0.2) is 0 Å². The smallest absolute Gasteiger partial charge is 0.112 e. The summed E-state index contributed by atoms with van der Waals surface area (Å²) >= 11 is 0. The quantitative estimate of drug-likeness (QED) is 0.688. The van der Waals surface area contributed by atoms with Gasteiger partial charge in [0.25, 0.3) is 0 Å². The van der Waals surface area contributed by atoms with Crippen molar-refractivity contribution in [2.45, 2.75) is 19.1 Å². The number of rotatable bonds is 5. The molecule has 1 aliphatic heterocycles. The van der Waals surface area contributed by atoms with Crippen LogP contribution in [-0.4, -0.2) is 18.8 Å². The van der Waals surface area contributed by atoms with Crippen LogP contribution in [-0.2, 0) is 16.1 Å². The first-order valence-electron chi connectivity index (χ1n) is 5.15. The molecule has 0 aromatic heterocycles. The number of hydrogen-bond donors (Lipinski definition) is 0. The van der Waals surface area contributed by atoms with Gasteiger partial charge in [-0.2, -0.15) is 0 Å². The Hall–Kier alpha value is -1.12. The van der Waals surface area contributed by atoms with Gasteiger partial charge in [0.1, 0.15) is 5.60 Å². The van der Waals surface area contributed by atoms with E-state index in [1.165, 1.54) is 5.56 Å². The summed E-state index contributed by atoms with van der Waals surface area (Å²) < 4.78 is 10.8. The lowest BCUT2D eigenvalue weighted by Gasteiger charge is -2.07. The van der Waals surface area contributed by atoms with Crippen molar-refractivity contribution >= 4 is 6.08 Å². The van der Waals surface area contributed by atoms with Crippen LogP contribution in [0.2, 0.25) is 0 Å². The maximum Gasteiger partial charge on any atom is 0.112 e. The predicted octanol–water partition coefficient (Wildman–Crippen LogP) is 2.64. The molecule has 0 bridgehead atoms. The van der Waals surface area contributed by atoms with E-state index in [1.54, 1.807) is 0 Å². The first kappa shape index (κ1) is 10.4. The fraction of sp³-hybridized carbons (Fsp3) is 0.385. The number of benzene rings is 1. The molecule has 2 rings (SSSR count). The van der Waals surface area contributed by atoms with Gasteiger partial charge < -0.3 is 9.47 Å². The fourth-order valence-electron chi connectivity index (χ4n) is 1.34. The second-order valence-corrected chi connectivity index (χ2v) is 4.18. The average Bonchev–Trinajstić information content (AvgIpc) is 2.98. The predicted molar refractivity (Wildman–Crippen MR) is 60.5 cm³/mol. The standard InChI is InChI=1S/C13H16O2/c1-3-11-4-6-12(7-5-11)8-14-9-13(2)10-15-13/h3-7H,1,8-10H2,2H3. The lowest BCUT2D eigenvalue weighted by Crippen LogP contribution is -2.14. The third-order valence-corrected chi connectivity index (χ3v) is 2.53. The van der Waals surface area contributed by atoms with Crippen molar-refractivity contribution in [3.05, 3.63) is 42.0 Å². The van der Waals surface area contributed by atoms with Gasteiger partial charge >= 0.3 is 0 Å². The highest BCUT2D eigenvalue weighted by molar-refractivity contribution is 5.47. The molecular weight excluding hydrogens is 188 g/mol. The van der Waals surface area contributed by atoms with Crippen LogP contribution < -0.4 is 0 Å². The average molecular weight is 204 g/mol. The van der Waals surface area contributed by atoms with Crippen LogP contribution in [0, 0.1) is 0 Å². The van der Waals surface area contributed by atoms with Crippen LogP contribution in [0.4, 0.5) is 0 Å². The van der Waals surface area contributed by atoms with E-state index in [2.05, 4.69) is 25.6 Å². The van der Waals surface area contributed by atoms with Crippen molar-refractivity contribution in [2.75, 3.05) is 13.2 Å². The Morgan fingerprint density at radius 1 is 1.47 bits per heavy atom. The molecule has 0 N–H and O–H groups in total. The van der Waals surface area contributed by atoms with E-state index in [-0.39, 0.29) is 5.60 Å². The first-order chi connectivity index (χ1) is 7.22.